The molecule has 0 aliphatic rings. The maximum absolute atomic E-state index is 13.0. The molecule has 0 spiro atoms. The third-order valence-electron chi connectivity index (χ3n) is 4.13. The van der Waals surface area contributed by atoms with Crippen molar-refractivity contribution in [3.8, 4) is 5.75 Å². The first kappa shape index (κ1) is 20.1. The van der Waals surface area contributed by atoms with E-state index in [1.165, 1.54) is 43.1 Å². The van der Waals surface area contributed by atoms with Crippen LogP contribution in [0.1, 0.15) is 5.56 Å². The van der Waals surface area contributed by atoms with Gasteiger partial charge in [0.2, 0.25) is 0 Å². The summed E-state index contributed by atoms with van der Waals surface area (Å²) in [7, 11) is 2.75. The molecular formula is C18H15F3N4O4. The molecule has 3 aromatic rings. The number of para-hydroxylation sites is 1. The highest BCUT2D eigenvalue weighted by Gasteiger charge is 2.34. The Hall–Kier alpha value is -3.63. The third kappa shape index (κ3) is 3.98. The lowest BCUT2D eigenvalue weighted by atomic mass is 10.2. The minimum atomic E-state index is -4.62. The first-order chi connectivity index (χ1) is 13.6. The number of benzene rings is 1. The maximum atomic E-state index is 13.0. The molecule has 0 bridgehead atoms. The minimum Gasteiger partial charge on any atom is -0.483 e. The number of ether oxygens (including phenoxy) is 1. The van der Waals surface area contributed by atoms with Gasteiger partial charge in [-0.2, -0.15) is 13.2 Å². The number of rotatable bonds is 4. The zero-order chi connectivity index (χ0) is 21.3. The highest BCUT2D eigenvalue weighted by atomic mass is 19.4. The molecular weight excluding hydrogens is 393 g/mol. The third-order valence-corrected chi connectivity index (χ3v) is 4.13. The second-order valence-electron chi connectivity index (χ2n) is 6.13. The van der Waals surface area contributed by atoms with Crippen LogP contribution in [0.2, 0.25) is 0 Å². The molecule has 11 heteroatoms. The van der Waals surface area contributed by atoms with E-state index in [1.807, 2.05) is 0 Å². The molecule has 0 saturated carbocycles. The van der Waals surface area contributed by atoms with Gasteiger partial charge < -0.3 is 10.1 Å². The van der Waals surface area contributed by atoms with E-state index >= 15 is 0 Å². The van der Waals surface area contributed by atoms with Crippen LogP contribution in [0, 0.1) is 0 Å². The van der Waals surface area contributed by atoms with E-state index < -0.39 is 41.3 Å². The molecule has 0 unspecified atom stereocenters. The summed E-state index contributed by atoms with van der Waals surface area (Å²) in [5.41, 5.74) is -1.88. The lowest BCUT2D eigenvalue weighted by molar-refractivity contribution is -0.139. The second kappa shape index (κ2) is 7.41. The number of aromatic nitrogens is 3. The Labute approximate surface area is 161 Å². The van der Waals surface area contributed by atoms with Gasteiger partial charge in [-0.05, 0) is 18.2 Å². The zero-order valence-corrected chi connectivity index (χ0v) is 15.3. The standard InChI is InChI=1S/C18H15F3N4O4/c1-24-15-11(16(27)25(2)17(24)28)7-10(8-22-15)23-14(26)9-29-13-6-4-3-5-12(13)18(19,20)21/h3-8H,9H2,1-2H3,(H,23,26). The Morgan fingerprint density at radius 3 is 2.55 bits per heavy atom. The van der Waals surface area contributed by atoms with Crippen LogP contribution in [-0.4, -0.2) is 26.6 Å². The molecule has 152 valence electrons. The Morgan fingerprint density at radius 2 is 1.86 bits per heavy atom. The van der Waals surface area contributed by atoms with Gasteiger partial charge in [-0.15, -0.1) is 0 Å². The summed E-state index contributed by atoms with van der Waals surface area (Å²) in [6, 6.07) is 5.85. The van der Waals surface area contributed by atoms with Crippen LogP contribution < -0.4 is 21.3 Å². The van der Waals surface area contributed by atoms with Gasteiger partial charge in [-0.3, -0.25) is 18.7 Å². The highest BCUT2D eigenvalue weighted by Crippen LogP contribution is 2.35. The van der Waals surface area contributed by atoms with E-state index in [0.717, 1.165) is 16.7 Å². The number of alkyl halides is 3. The molecule has 0 atom stereocenters. The number of fused-ring (bicyclic) bond motifs is 1. The molecule has 0 aliphatic carbocycles. The number of carbonyl (C=O) groups is 1. The normalized spacial score (nSPS) is 11.5. The van der Waals surface area contributed by atoms with Crippen molar-refractivity contribution in [2.75, 3.05) is 11.9 Å². The van der Waals surface area contributed by atoms with E-state index in [9.17, 15) is 27.6 Å². The summed E-state index contributed by atoms with van der Waals surface area (Å²) >= 11 is 0. The molecule has 8 nitrogen and oxygen atoms in total. The largest absolute Gasteiger partial charge is 0.483 e. The first-order valence-corrected chi connectivity index (χ1v) is 8.24. The number of halogens is 3. The van der Waals surface area contributed by atoms with Crippen LogP contribution in [0.15, 0.2) is 46.1 Å². The summed E-state index contributed by atoms with van der Waals surface area (Å²) in [6.45, 7) is -0.684. The van der Waals surface area contributed by atoms with E-state index in [0.29, 0.717) is 0 Å². The predicted molar refractivity (Wildman–Crippen MR) is 97.8 cm³/mol. The Kier molecular flexibility index (Phi) is 5.14. The highest BCUT2D eigenvalue weighted by molar-refractivity contribution is 5.93. The van der Waals surface area contributed by atoms with Crippen LogP contribution in [-0.2, 0) is 25.1 Å². The summed E-state index contributed by atoms with van der Waals surface area (Å²) in [6.07, 6.45) is -3.39. The van der Waals surface area contributed by atoms with Crippen LogP contribution in [0.5, 0.6) is 5.75 Å². The number of nitrogens with one attached hydrogen (secondary N) is 1. The van der Waals surface area contributed by atoms with Gasteiger partial charge in [-0.1, -0.05) is 12.1 Å². The number of hydrogen-bond acceptors (Lipinski definition) is 5. The van der Waals surface area contributed by atoms with Crippen molar-refractivity contribution in [3.05, 3.63) is 62.9 Å². The summed E-state index contributed by atoms with van der Waals surface area (Å²) in [4.78, 5) is 40.2. The number of anilines is 1. The molecule has 2 aromatic heterocycles. The van der Waals surface area contributed by atoms with Gasteiger partial charge in [-0.25, -0.2) is 9.78 Å². The first-order valence-electron chi connectivity index (χ1n) is 8.24. The molecule has 1 aromatic carbocycles. The molecule has 0 radical (unpaired) electrons. The molecule has 1 N–H and O–H groups in total. The van der Waals surface area contributed by atoms with E-state index in [-0.39, 0.29) is 16.7 Å². The van der Waals surface area contributed by atoms with Crippen LogP contribution in [0.4, 0.5) is 18.9 Å². The van der Waals surface area contributed by atoms with Gasteiger partial charge in [0.1, 0.15) is 11.4 Å². The van der Waals surface area contributed by atoms with Gasteiger partial charge in [0.05, 0.1) is 22.8 Å². The monoisotopic (exact) mass is 408 g/mol. The topological polar surface area (TPSA) is 95.2 Å². The number of aryl methyl sites for hydroxylation is 1. The van der Waals surface area contributed by atoms with Crippen molar-refractivity contribution in [2.24, 2.45) is 14.1 Å². The summed E-state index contributed by atoms with van der Waals surface area (Å²) in [5, 5.41) is 2.49. The number of amides is 1. The zero-order valence-electron chi connectivity index (χ0n) is 15.3. The average Bonchev–Trinajstić information content (AvgIpc) is 2.68. The van der Waals surface area contributed by atoms with E-state index in [4.69, 9.17) is 4.74 Å². The van der Waals surface area contributed by atoms with Crippen molar-refractivity contribution in [1.29, 1.82) is 0 Å². The second-order valence-corrected chi connectivity index (χ2v) is 6.13. The predicted octanol–water partition coefficient (Wildman–Crippen LogP) is 1.67. The molecule has 29 heavy (non-hydrogen) atoms. The summed E-state index contributed by atoms with van der Waals surface area (Å²) in [5.74, 6) is -1.22. The molecule has 0 fully saturated rings. The van der Waals surface area contributed by atoms with Crippen LogP contribution in [0.3, 0.4) is 0 Å². The Balaban J connectivity index is 1.80. The van der Waals surface area contributed by atoms with Gasteiger partial charge >= 0.3 is 11.9 Å². The lowest BCUT2D eigenvalue weighted by Crippen LogP contribution is -2.37. The fraction of sp³-hybridized carbons (Fsp3) is 0.222. The lowest BCUT2D eigenvalue weighted by Gasteiger charge is -2.13. The summed E-state index contributed by atoms with van der Waals surface area (Å²) < 4.78 is 45.9. The molecule has 0 saturated heterocycles. The molecule has 0 aliphatic heterocycles. The van der Waals surface area contributed by atoms with Gasteiger partial charge in [0.25, 0.3) is 11.5 Å². The fourth-order valence-electron chi connectivity index (χ4n) is 2.70. The Bertz CT molecular complexity index is 1210. The SMILES string of the molecule is Cn1c(=O)c2cc(NC(=O)COc3ccccc3C(F)(F)F)cnc2n(C)c1=O. The van der Waals surface area contributed by atoms with Crippen LogP contribution in [0.25, 0.3) is 11.0 Å². The van der Waals surface area contributed by atoms with Crippen molar-refractivity contribution < 1.29 is 22.7 Å². The van der Waals surface area contributed by atoms with Gasteiger partial charge in [0.15, 0.2) is 6.61 Å². The smallest absolute Gasteiger partial charge is 0.419 e. The molecule has 1 amide bonds. The van der Waals surface area contributed by atoms with Crippen molar-refractivity contribution in [3.63, 3.8) is 0 Å². The minimum absolute atomic E-state index is 0.0933. The fourth-order valence-corrected chi connectivity index (χ4v) is 2.70. The van der Waals surface area contributed by atoms with E-state index in [2.05, 4.69) is 10.3 Å². The average molecular weight is 408 g/mol. The number of nitrogens with zero attached hydrogens (tertiary/aromatic N) is 3. The van der Waals surface area contributed by atoms with Gasteiger partial charge in [0, 0.05) is 14.1 Å². The number of hydrogen-bond donors (Lipinski definition) is 1. The van der Waals surface area contributed by atoms with Crippen LogP contribution >= 0.6 is 0 Å². The molecule has 3 rings (SSSR count). The molecule has 2 heterocycles. The van der Waals surface area contributed by atoms with Crippen molar-refractivity contribution in [1.82, 2.24) is 14.1 Å². The maximum Gasteiger partial charge on any atom is 0.419 e. The quantitative estimate of drug-likeness (QED) is 0.709. The van der Waals surface area contributed by atoms with Crippen molar-refractivity contribution in [2.45, 2.75) is 6.18 Å². The van der Waals surface area contributed by atoms with E-state index in [1.54, 1.807) is 0 Å². The van der Waals surface area contributed by atoms with Crippen molar-refractivity contribution >= 4 is 22.6 Å². The Morgan fingerprint density at radius 1 is 1.17 bits per heavy atom. The number of pyridine rings is 1. The number of carbonyl (C=O) groups excluding carboxylic acids is 1.